The molecule has 0 saturated carbocycles. The van der Waals surface area contributed by atoms with Gasteiger partial charge in [-0.3, -0.25) is 0 Å². The lowest BCUT2D eigenvalue weighted by atomic mass is 10.2. The van der Waals surface area contributed by atoms with Crippen LogP contribution in [0.1, 0.15) is 25.3 Å². The van der Waals surface area contributed by atoms with E-state index in [-0.39, 0.29) is 6.54 Å². The summed E-state index contributed by atoms with van der Waals surface area (Å²) in [7, 11) is 0. The first-order chi connectivity index (χ1) is 9.90. The van der Waals surface area contributed by atoms with E-state index in [1.54, 1.807) is 22.9 Å². The third-order valence-electron chi connectivity index (χ3n) is 3.31. The first kappa shape index (κ1) is 16.2. The van der Waals surface area contributed by atoms with Gasteiger partial charge in [0.15, 0.2) is 0 Å². The lowest BCUT2D eigenvalue weighted by molar-refractivity contribution is -0.136. The van der Waals surface area contributed by atoms with Crippen molar-refractivity contribution in [3.05, 3.63) is 35.0 Å². The number of benzene rings is 1. The van der Waals surface area contributed by atoms with Gasteiger partial charge in [0.25, 0.3) is 0 Å². The molecule has 1 heterocycles. The van der Waals surface area contributed by atoms with Crippen molar-refractivity contribution in [3.8, 4) is 0 Å². The predicted molar refractivity (Wildman–Crippen MR) is 79.6 cm³/mol. The molecule has 0 aliphatic heterocycles. The molecule has 2 aromatic rings. The van der Waals surface area contributed by atoms with Crippen LogP contribution in [0.3, 0.4) is 0 Å². The second kappa shape index (κ2) is 6.71. The van der Waals surface area contributed by atoms with Gasteiger partial charge in [-0.05, 0) is 30.7 Å². The van der Waals surface area contributed by atoms with Crippen LogP contribution in [0.5, 0.6) is 0 Å². The summed E-state index contributed by atoms with van der Waals surface area (Å²) in [4.78, 5) is 0. The number of aryl methyl sites for hydroxylation is 1. The molecule has 1 aromatic carbocycles. The van der Waals surface area contributed by atoms with Crippen LogP contribution in [0.25, 0.3) is 10.9 Å². The second-order valence-corrected chi connectivity index (χ2v) is 5.49. The van der Waals surface area contributed by atoms with E-state index in [1.165, 1.54) is 0 Å². The summed E-state index contributed by atoms with van der Waals surface area (Å²) in [6, 6.07) is 5.35. The lowest BCUT2D eigenvalue weighted by Gasteiger charge is -2.08. The molecule has 1 N–H and O–H groups in total. The zero-order valence-electron chi connectivity index (χ0n) is 11.8. The Morgan fingerprint density at radius 3 is 2.71 bits per heavy atom. The molecule has 0 saturated heterocycles. The molecular weight excluding hydrogens is 301 g/mol. The Labute approximate surface area is 126 Å². The zero-order chi connectivity index (χ0) is 15.5. The standard InChI is InChI=1S/C15H18ClF3N2/c1-2-6-20-9-11-10-21(7-5-15(17,18)19)14-8-12(16)3-4-13(11)14/h3-4,8,10,20H,2,5-7,9H2,1H3. The van der Waals surface area contributed by atoms with Gasteiger partial charge in [0, 0.05) is 35.2 Å². The summed E-state index contributed by atoms with van der Waals surface area (Å²) >= 11 is 5.97. The molecule has 2 nitrogen and oxygen atoms in total. The van der Waals surface area contributed by atoms with Crippen LogP contribution in [0.2, 0.25) is 5.02 Å². The van der Waals surface area contributed by atoms with Crippen molar-refractivity contribution in [2.75, 3.05) is 6.54 Å². The summed E-state index contributed by atoms with van der Waals surface area (Å²) < 4.78 is 38.9. The molecule has 1 aromatic heterocycles. The Balaban J connectivity index is 2.28. The minimum absolute atomic E-state index is 0.0892. The Morgan fingerprint density at radius 1 is 1.29 bits per heavy atom. The number of nitrogens with one attached hydrogen (secondary N) is 1. The molecule has 21 heavy (non-hydrogen) atoms. The molecule has 0 unspecified atom stereocenters. The van der Waals surface area contributed by atoms with Crippen LogP contribution >= 0.6 is 11.6 Å². The average molecular weight is 319 g/mol. The zero-order valence-corrected chi connectivity index (χ0v) is 12.6. The van der Waals surface area contributed by atoms with E-state index in [0.29, 0.717) is 11.6 Å². The summed E-state index contributed by atoms with van der Waals surface area (Å²) in [6.45, 7) is 3.50. The van der Waals surface area contributed by atoms with Gasteiger partial charge in [0.05, 0.1) is 6.42 Å². The van der Waals surface area contributed by atoms with Crippen molar-refractivity contribution in [2.24, 2.45) is 0 Å². The molecule has 6 heteroatoms. The van der Waals surface area contributed by atoms with E-state index in [9.17, 15) is 13.2 Å². The van der Waals surface area contributed by atoms with Crippen LogP contribution in [0.15, 0.2) is 24.4 Å². The molecule has 0 aliphatic carbocycles. The van der Waals surface area contributed by atoms with E-state index in [0.717, 1.165) is 29.4 Å². The van der Waals surface area contributed by atoms with Gasteiger partial charge >= 0.3 is 6.18 Å². The third-order valence-corrected chi connectivity index (χ3v) is 3.54. The van der Waals surface area contributed by atoms with Crippen molar-refractivity contribution in [1.29, 1.82) is 0 Å². The first-order valence-electron chi connectivity index (χ1n) is 6.95. The smallest absolute Gasteiger partial charge is 0.347 e. The van der Waals surface area contributed by atoms with Crippen molar-refractivity contribution in [1.82, 2.24) is 9.88 Å². The van der Waals surface area contributed by atoms with E-state index in [1.807, 2.05) is 6.07 Å². The monoisotopic (exact) mass is 318 g/mol. The Hall–Kier alpha value is -1.20. The highest BCUT2D eigenvalue weighted by Gasteiger charge is 2.27. The van der Waals surface area contributed by atoms with Crippen LogP contribution < -0.4 is 5.32 Å². The van der Waals surface area contributed by atoms with Crippen LogP contribution in [0, 0.1) is 0 Å². The summed E-state index contributed by atoms with van der Waals surface area (Å²) in [6.07, 6.45) is -2.20. The maximum atomic E-state index is 12.4. The average Bonchev–Trinajstić information content (AvgIpc) is 2.73. The Bertz CT molecular complexity index is 605. The topological polar surface area (TPSA) is 17.0 Å². The van der Waals surface area contributed by atoms with Gasteiger partial charge in [0.2, 0.25) is 0 Å². The predicted octanol–water partition coefficient (Wildman–Crippen LogP) is 4.75. The molecule has 0 bridgehead atoms. The van der Waals surface area contributed by atoms with Crippen molar-refractivity contribution >= 4 is 22.5 Å². The van der Waals surface area contributed by atoms with Crippen LogP contribution in [-0.2, 0) is 13.1 Å². The largest absolute Gasteiger partial charge is 0.390 e. The van der Waals surface area contributed by atoms with Gasteiger partial charge < -0.3 is 9.88 Å². The number of fused-ring (bicyclic) bond motifs is 1. The molecule has 116 valence electrons. The number of aromatic nitrogens is 1. The number of hydrogen-bond donors (Lipinski definition) is 1. The van der Waals surface area contributed by atoms with Gasteiger partial charge in [-0.25, -0.2) is 0 Å². The highest BCUT2D eigenvalue weighted by molar-refractivity contribution is 6.31. The maximum Gasteiger partial charge on any atom is 0.390 e. The molecule has 2 rings (SSSR count). The third kappa shape index (κ3) is 4.38. The highest BCUT2D eigenvalue weighted by atomic mass is 35.5. The quantitative estimate of drug-likeness (QED) is 0.761. The van der Waals surface area contributed by atoms with Crippen LogP contribution in [-0.4, -0.2) is 17.3 Å². The number of nitrogens with zero attached hydrogens (tertiary/aromatic N) is 1. The van der Waals surface area contributed by atoms with E-state index in [2.05, 4.69) is 12.2 Å². The molecule has 0 amide bonds. The van der Waals surface area contributed by atoms with Crippen molar-refractivity contribution < 1.29 is 13.2 Å². The van der Waals surface area contributed by atoms with Gasteiger partial charge in [-0.2, -0.15) is 13.2 Å². The summed E-state index contributed by atoms with van der Waals surface area (Å²) in [5.41, 5.74) is 1.75. The first-order valence-corrected chi connectivity index (χ1v) is 7.33. The highest BCUT2D eigenvalue weighted by Crippen LogP contribution is 2.27. The van der Waals surface area contributed by atoms with E-state index < -0.39 is 12.6 Å². The maximum absolute atomic E-state index is 12.4. The SMILES string of the molecule is CCCNCc1cn(CCC(F)(F)F)c2cc(Cl)ccc12. The fourth-order valence-electron chi connectivity index (χ4n) is 2.31. The second-order valence-electron chi connectivity index (χ2n) is 5.05. The number of alkyl halides is 3. The van der Waals surface area contributed by atoms with E-state index in [4.69, 9.17) is 11.6 Å². The van der Waals surface area contributed by atoms with Crippen molar-refractivity contribution in [3.63, 3.8) is 0 Å². The number of hydrogen-bond acceptors (Lipinski definition) is 1. The number of halogens is 4. The fourth-order valence-corrected chi connectivity index (χ4v) is 2.48. The fraction of sp³-hybridized carbons (Fsp3) is 0.467. The van der Waals surface area contributed by atoms with Gasteiger partial charge in [-0.15, -0.1) is 0 Å². The molecule has 0 atom stereocenters. The molecule has 0 spiro atoms. The number of rotatable bonds is 6. The molecule has 0 fully saturated rings. The molecular formula is C15H18ClF3N2. The van der Waals surface area contributed by atoms with Crippen LogP contribution in [0.4, 0.5) is 13.2 Å². The van der Waals surface area contributed by atoms with Crippen molar-refractivity contribution in [2.45, 2.75) is 39.0 Å². The van der Waals surface area contributed by atoms with Gasteiger partial charge in [0.1, 0.15) is 0 Å². The lowest BCUT2D eigenvalue weighted by Crippen LogP contribution is -2.13. The molecule has 0 aliphatic rings. The minimum Gasteiger partial charge on any atom is -0.347 e. The summed E-state index contributed by atoms with van der Waals surface area (Å²) in [5.74, 6) is 0. The minimum atomic E-state index is -4.16. The van der Waals surface area contributed by atoms with Gasteiger partial charge in [-0.1, -0.05) is 24.6 Å². The summed E-state index contributed by atoms with van der Waals surface area (Å²) in [5, 5.41) is 4.75. The Kier molecular flexibility index (Phi) is 5.17. The molecule has 0 radical (unpaired) electrons. The van der Waals surface area contributed by atoms with E-state index >= 15 is 0 Å². The normalized spacial score (nSPS) is 12.2. The Morgan fingerprint density at radius 2 is 2.05 bits per heavy atom.